The summed E-state index contributed by atoms with van der Waals surface area (Å²) >= 11 is 0. The Morgan fingerprint density at radius 1 is 1.44 bits per heavy atom. The second kappa shape index (κ2) is 6.07. The highest BCUT2D eigenvalue weighted by Gasteiger charge is 2.22. The van der Waals surface area contributed by atoms with Crippen LogP contribution in [0, 0.1) is 0 Å². The number of ketones is 1. The van der Waals surface area contributed by atoms with Gasteiger partial charge in [-0.15, -0.1) is 0 Å². The van der Waals surface area contributed by atoms with Crippen molar-refractivity contribution < 1.29 is 9.18 Å². The predicted octanol–water partition coefficient (Wildman–Crippen LogP) is 3.92. The summed E-state index contributed by atoms with van der Waals surface area (Å²) < 4.78 is 13.9. The van der Waals surface area contributed by atoms with Gasteiger partial charge in [0, 0.05) is 11.8 Å². The number of pyridine rings is 1. The van der Waals surface area contributed by atoms with Gasteiger partial charge in [-0.05, 0) is 51.2 Å². The average molecular weight is 251 g/mol. The van der Waals surface area contributed by atoms with E-state index in [0.29, 0.717) is 24.8 Å². The van der Waals surface area contributed by atoms with Crippen LogP contribution in [0.4, 0.5) is 4.39 Å². The van der Waals surface area contributed by atoms with Crippen LogP contribution in [0.5, 0.6) is 0 Å². The Bertz CT molecular complexity index is 427. The van der Waals surface area contributed by atoms with Crippen molar-refractivity contribution in [2.75, 3.05) is 0 Å². The fraction of sp³-hybridized carbons (Fsp3) is 0.600. The number of rotatable bonds is 6. The lowest BCUT2D eigenvalue weighted by Gasteiger charge is -2.18. The molecule has 0 aliphatic rings. The second-order valence-corrected chi connectivity index (χ2v) is 4.97. The molecule has 0 spiro atoms. The number of alkyl halides is 1. The lowest BCUT2D eigenvalue weighted by molar-refractivity contribution is 0.101. The molecule has 100 valence electrons. The van der Waals surface area contributed by atoms with Crippen LogP contribution in [0.3, 0.4) is 0 Å². The van der Waals surface area contributed by atoms with Crippen molar-refractivity contribution in [2.24, 2.45) is 0 Å². The molecule has 0 radical (unpaired) electrons. The quantitative estimate of drug-likeness (QED) is 0.717. The van der Waals surface area contributed by atoms with Crippen molar-refractivity contribution in [1.29, 1.82) is 0 Å². The van der Waals surface area contributed by atoms with Gasteiger partial charge in [0.25, 0.3) is 0 Å². The maximum Gasteiger partial charge on any atom is 0.161 e. The number of aromatic nitrogens is 1. The molecule has 0 fully saturated rings. The first-order valence-electron chi connectivity index (χ1n) is 6.58. The average Bonchev–Trinajstić information content (AvgIpc) is 2.35. The Morgan fingerprint density at radius 2 is 2.11 bits per heavy atom. The van der Waals surface area contributed by atoms with Crippen LogP contribution < -0.4 is 0 Å². The molecule has 2 nitrogen and oxygen atoms in total. The highest BCUT2D eigenvalue weighted by Crippen LogP contribution is 2.24. The van der Waals surface area contributed by atoms with E-state index >= 15 is 0 Å². The molecule has 0 amide bonds. The van der Waals surface area contributed by atoms with Crippen LogP contribution in [0.2, 0.25) is 0 Å². The zero-order valence-corrected chi connectivity index (χ0v) is 11.7. The lowest BCUT2D eigenvalue weighted by Crippen LogP contribution is -2.18. The van der Waals surface area contributed by atoms with Crippen molar-refractivity contribution >= 4 is 5.78 Å². The Balaban J connectivity index is 2.99. The van der Waals surface area contributed by atoms with E-state index in [2.05, 4.69) is 4.98 Å². The molecule has 1 atom stereocenters. The van der Waals surface area contributed by atoms with Crippen LogP contribution in [0.1, 0.15) is 62.2 Å². The summed E-state index contributed by atoms with van der Waals surface area (Å²) in [5.41, 5.74) is 1.24. The minimum absolute atomic E-state index is 0.0204. The monoisotopic (exact) mass is 251 g/mol. The molecule has 1 aromatic rings. The highest BCUT2D eigenvalue weighted by atomic mass is 19.1. The van der Waals surface area contributed by atoms with E-state index in [4.69, 9.17) is 0 Å². The van der Waals surface area contributed by atoms with Crippen molar-refractivity contribution in [1.82, 2.24) is 4.98 Å². The van der Waals surface area contributed by atoms with Crippen molar-refractivity contribution in [3.05, 3.63) is 29.1 Å². The van der Waals surface area contributed by atoms with Crippen molar-refractivity contribution in [3.63, 3.8) is 0 Å². The lowest BCUT2D eigenvalue weighted by atomic mass is 9.93. The van der Waals surface area contributed by atoms with Gasteiger partial charge in [0.2, 0.25) is 0 Å². The third kappa shape index (κ3) is 3.62. The first kappa shape index (κ1) is 14.8. The molecule has 3 heteroatoms. The zero-order chi connectivity index (χ0) is 13.8. The predicted molar refractivity (Wildman–Crippen MR) is 71.7 cm³/mol. The number of nitrogens with zero attached hydrogens (tertiary/aromatic N) is 1. The van der Waals surface area contributed by atoms with Crippen LogP contribution in [0.25, 0.3) is 0 Å². The van der Waals surface area contributed by atoms with Gasteiger partial charge in [0.15, 0.2) is 5.78 Å². The van der Waals surface area contributed by atoms with Gasteiger partial charge in [-0.1, -0.05) is 13.8 Å². The van der Waals surface area contributed by atoms with E-state index in [-0.39, 0.29) is 5.78 Å². The summed E-state index contributed by atoms with van der Waals surface area (Å²) in [6, 6.07) is 1.87. The van der Waals surface area contributed by atoms with E-state index < -0.39 is 5.67 Å². The number of aryl methyl sites for hydroxylation is 2. The molecule has 0 aliphatic carbocycles. The van der Waals surface area contributed by atoms with Crippen LogP contribution in [-0.4, -0.2) is 16.4 Å². The topological polar surface area (TPSA) is 30.0 Å². The third-order valence-corrected chi connectivity index (χ3v) is 3.47. The summed E-state index contributed by atoms with van der Waals surface area (Å²) in [5.74, 6) is 0.0204. The fourth-order valence-electron chi connectivity index (χ4n) is 2.02. The fourth-order valence-corrected chi connectivity index (χ4v) is 2.02. The summed E-state index contributed by atoms with van der Waals surface area (Å²) in [6.07, 6.45) is 3.91. The Kier molecular flexibility index (Phi) is 5.00. The third-order valence-electron chi connectivity index (χ3n) is 3.47. The standard InChI is InChI=1S/C15H22FNO/c1-5-12-8-10-17-13(14(12)11(3)18)7-9-15(4,16)6-2/h8,10H,5-7,9H2,1-4H3. The SMILES string of the molecule is CCc1ccnc(CCC(C)(F)CC)c1C(C)=O. The molecule has 0 saturated carbocycles. The Hall–Kier alpha value is -1.25. The highest BCUT2D eigenvalue weighted by molar-refractivity contribution is 5.96. The van der Waals surface area contributed by atoms with Crippen LogP contribution >= 0.6 is 0 Å². The van der Waals surface area contributed by atoms with Crippen LogP contribution in [-0.2, 0) is 12.8 Å². The Morgan fingerprint density at radius 3 is 2.61 bits per heavy atom. The largest absolute Gasteiger partial charge is 0.294 e. The molecular weight excluding hydrogens is 229 g/mol. The minimum atomic E-state index is -1.18. The first-order chi connectivity index (χ1) is 8.41. The maximum absolute atomic E-state index is 13.9. The second-order valence-electron chi connectivity index (χ2n) is 4.97. The number of carbonyl (C=O) groups is 1. The van der Waals surface area contributed by atoms with Gasteiger partial charge in [-0.25, -0.2) is 4.39 Å². The maximum atomic E-state index is 13.9. The molecule has 0 bridgehead atoms. The summed E-state index contributed by atoms with van der Waals surface area (Å²) in [7, 11) is 0. The molecule has 0 aliphatic heterocycles. The summed E-state index contributed by atoms with van der Waals surface area (Å²) in [5, 5.41) is 0. The smallest absolute Gasteiger partial charge is 0.161 e. The van der Waals surface area contributed by atoms with Gasteiger partial charge in [0.05, 0.1) is 5.69 Å². The van der Waals surface area contributed by atoms with Gasteiger partial charge < -0.3 is 0 Å². The molecule has 0 saturated heterocycles. The van der Waals surface area contributed by atoms with Gasteiger partial charge in [-0.3, -0.25) is 9.78 Å². The number of Topliss-reactive ketones (excluding diaryl/α,β-unsaturated/α-hetero) is 1. The van der Waals surface area contributed by atoms with E-state index in [0.717, 1.165) is 17.7 Å². The number of hydrogen-bond acceptors (Lipinski definition) is 2. The minimum Gasteiger partial charge on any atom is -0.294 e. The van der Waals surface area contributed by atoms with E-state index in [1.54, 1.807) is 20.0 Å². The van der Waals surface area contributed by atoms with Crippen molar-refractivity contribution in [3.8, 4) is 0 Å². The molecule has 0 N–H and O–H groups in total. The van der Waals surface area contributed by atoms with Crippen LogP contribution in [0.15, 0.2) is 12.3 Å². The molecule has 0 aromatic carbocycles. The van der Waals surface area contributed by atoms with E-state index in [1.165, 1.54) is 0 Å². The van der Waals surface area contributed by atoms with Crippen molar-refractivity contribution in [2.45, 2.75) is 59.0 Å². The summed E-state index contributed by atoms with van der Waals surface area (Å²) in [4.78, 5) is 16.0. The number of carbonyl (C=O) groups excluding carboxylic acids is 1. The molecule has 1 unspecified atom stereocenters. The normalized spacial score (nSPS) is 14.3. The first-order valence-corrected chi connectivity index (χ1v) is 6.58. The van der Waals surface area contributed by atoms with Gasteiger partial charge in [-0.2, -0.15) is 0 Å². The molecule has 1 aromatic heterocycles. The number of halogens is 1. The van der Waals surface area contributed by atoms with E-state index in [1.807, 2.05) is 19.9 Å². The molecule has 18 heavy (non-hydrogen) atoms. The molecule has 1 heterocycles. The summed E-state index contributed by atoms with van der Waals surface area (Å²) in [6.45, 7) is 7.00. The Labute approximate surface area is 109 Å². The molecular formula is C15H22FNO. The van der Waals surface area contributed by atoms with Gasteiger partial charge >= 0.3 is 0 Å². The zero-order valence-electron chi connectivity index (χ0n) is 11.7. The van der Waals surface area contributed by atoms with Gasteiger partial charge in [0.1, 0.15) is 5.67 Å². The number of hydrogen-bond donors (Lipinski definition) is 0. The molecule has 1 rings (SSSR count). The van der Waals surface area contributed by atoms with E-state index in [9.17, 15) is 9.18 Å².